The average molecular weight is 404 g/mol. The first-order valence-electron chi connectivity index (χ1n) is 9.13. The van der Waals surface area contributed by atoms with Gasteiger partial charge in [0, 0.05) is 18.3 Å². The van der Waals surface area contributed by atoms with Crippen LogP contribution in [0.15, 0.2) is 69.1 Å². The summed E-state index contributed by atoms with van der Waals surface area (Å²) in [6.45, 7) is 0. The molecule has 8 nitrogen and oxygen atoms in total. The summed E-state index contributed by atoms with van der Waals surface area (Å²) in [4.78, 5) is 41.2. The number of nitrogens with zero attached hydrogens (tertiary/aromatic N) is 1. The van der Waals surface area contributed by atoms with E-state index in [4.69, 9.17) is 19.6 Å². The van der Waals surface area contributed by atoms with Crippen LogP contribution in [0, 0.1) is 0 Å². The lowest BCUT2D eigenvalue weighted by atomic mass is 9.67. The fraction of sp³-hybridized carbons (Fsp3) is 0.136. The van der Waals surface area contributed by atoms with Gasteiger partial charge in [0.2, 0.25) is 0 Å². The number of esters is 2. The number of rotatable bonds is 1. The molecule has 0 fully saturated rings. The topological polar surface area (TPSA) is 112 Å². The van der Waals surface area contributed by atoms with Gasteiger partial charge in [-0.3, -0.25) is 0 Å². The Bertz CT molecular complexity index is 1360. The Kier molecular flexibility index (Phi) is 3.58. The number of nitrogens with two attached hydrogens (primary N) is 1. The lowest BCUT2D eigenvalue weighted by Gasteiger charge is -2.38. The molecule has 1 aromatic heterocycles. The van der Waals surface area contributed by atoms with Crippen molar-refractivity contribution in [2.75, 3.05) is 19.1 Å². The summed E-state index contributed by atoms with van der Waals surface area (Å²) in [5.41, 5.74) is 4.56. The van der Waals surface area contributed by atoms with Gasteiger partial charge in [0.15, 0.2) is 11.2 Å². The van der Waals surface area contributed by atoms with Gasteiger partial charge in [-0.1, -0.05) is 30.3 Å². The van der Waals surface area contributed by atoms with Gasteiger partial charge in [-0.2, -0.15) is 0 Å². The number of carbonyl (C=O) groups excluding carboxylic acids is 2. The SMILES string of the molecule is COC(=O)C1=C(N)N(C)c2ccccc2C12C(=O)Oc1c2c(=O)oc2ccccc12. The van der Waals surface area contributed by atoms with E-state index in [9.17, 15) is 14.4 Å². The van der Waals surface area contributed by atoms with Crippen LogP contribution in [-0.2, 0) is 19.7 Å². The third-order valence-electron chi connectivity index (χ3n) is 5.69. The Morgan fingerprint density at radius 3 is 2.57 bits per heavy atom. The zero-order valence-corrected chi connectivity index (χ0v) is 16.1. The minimum absolute atomic E-state index is 0.0158. The molecule has 1 atom stereocenters. The number of methoxy groups -OCH3 is 1. The monoisotopic (exact) mass is 404 g/mol. The minimum Gasteiger partial charge on any atom is -0.466 e. The number of hydrogen-bond donors (Lipinski definition) is 1. The molecule has 2 aromatic carbocycles. The molecular weight excluding hydrogens is 388 g/mol. The Labute approximate surface area is 170 Å². The molecule has 0 saturated carbocycles. The Morgan fingerprint density at radius 1 is 1.10 bits per heavy atom. The zero-order chi connectivity index (χ0) is 21.2. The third-order valence-corrected chi connectivity index (χ3v) is 5.69. The van der Waals surface area contributed by atoms with E-state index in [0.29, 0.717) is 16.6 Å². The van der Waals surface area contributed by atoms with Crippen molar-refractivity contribution in [3.63, 3.8) is 0 Å². The normalized spacial score (nSPS) is 19.7. The molecule has 30 heavy (non-hydrogen) atoms. The van der Waals surface area contributed by atoms with Crippen LogP contribution in [0.1, 0.15) is 11.1 Å². The van der Waals surface area contributed by atoms with Gasteiger partial charge in [0.1, 0.15) is 22.5 Å². The molecule has 2 N–H and O–H groups in total. The van der Waals surface area contributed by atoms with Crippen molar-refractivity contribution in [3.05, 3.63) is 81.5 Å². The van der Waals surface area contributed by atoms with Crippen molar-refractivity contribution in [1.29, 1.82) is 0 Å². The van der Waals surface area contributed by atoms with Gasteiger partial charge >= 0.3 is 17.6 Å². The van der Waals surface area contributed by atoms with Crippen molar-refractivity contribution in [1.82, 2.24) is 0 Å². The standard InChI is InChI=1S/C22H16N2O6/c1-24-13-9-5-4-8-12(13)22(16(18(24)23)19(25)28-2)15-17(30-21(22)27)11-7-3-6-10-14(11)29-20(15)26/h3-10H,23H2,1-2H3. The summed E-state index contributed by atoms with van der Waals surface area (Å²) < 4.78 is 16.1. The van der Waals surface area contributed by atoms with Crippen LogP contribution in [0.3, 0.4) is 0 Å². The smallest absolute Gasteiger partial charge is 0.345 e. The van der Waals surface area contributed by atoms with E-state index < -0.39 is 23.0 Å². The zero-order valence-electron chi connectivity index (χ0n) is 16.1. The molecule has 0 radical (unpaired) electrons. The Hall–Kier alpha value is -4.07. The summed E-state index contributed by atoms with van der Waals surface area (Å²) in [5, 5.41) is 0.441. The van der Waals surface area contributed by atoms with Gasteiger partial charge in [-0.05, 0) is 18.2 Å². The summed E-state index contributed by atoms with van der Waals surface area (Å²) in [5.74, 6) is -1.62. The van der Waals surface area contributed by atoms with E-state index in [1.54, 1.807) is 60.5 Å². The molecule has 1 unspecified atom stereocenters. The lowest BCUT2D eigenvalue weighted by molar-refractivity contribution is -0.142. The first-order chi connectivity index (χ1) is 14.4. The van der Waals surface area contributed by atoms with Crippen LogP contribution in [0.4, 0.5) is 5.69 Å². The first-order valence-corrected chi connectivity index (χ1v) is 9.13. The van der Waals surface area contributed by atoms with Gasteiger partial charge in [0.25, 0.3) is 0 Å². The Balaban J connectivity index is 2.01. The largest absolute Gasteiger partial charge is 0.466 e. The fourth-order valence-electron chi connectivity index (χ4n) is 4.36. The highest BCUT2D eigenvalue weighted by Gasteiger charge is 2.62. The molecule has 3 aromatic rings. The lowest BCUT2D eigenvalue weighted by Crippen LogP contribution is -2.49. The van der Waals surface area contributed by atoms with Crippen molar-refractivity contribution in [2.45, 2.75) is 5.41 Å². The third kappa shape index (κ3) is 1.97. The summed E-state index contributed by atoms with van der Waals surface area (Å²) in [6, 6.07) is 13.6. The quantitative estimate of drug-likeness (QED) is 0.483. The van der Waals surface area contributed by atoms with Gasteiger partial charge in [0.05, 0.1) is 12.5 Å². The van der Waals surface area contributed by atoms with Crippen LogP contribution in [0.25, 0.3) is 11.0 Å². The minimum atomic E-state index is -1.90. The first kappa shape index (κ1) is 18.0. The fourth-order valence-corrected chi connectivity index (χ4v) is 4.36. The Morgan fingerprint density at radius 2 is 1.80 bits per heavy atom. The summed E-state index contributed by atoms with van der Waals surface area (Å²) in [6.07, 6.45) is 0. The number of carbonyl (C=O) groups is 2. The van der Waals surface area contributed by atoms with Gasteiger partial charge in [-0.25, -0.2) is 14.4 Å². The van der Waals surface area contributed by atoms with E-state index in [2.05, 4.69) is 0 Å². The van der Waals surface area contributed by atoms with Crippen molar-refractivity contribution in [3.8, 4) is 5.75 Å². The van der Waals surface area contributed by atoms with Crippen LogP contribution in [-0.4, -0.2) is 26.1 Å². The highest BCUT2D eigenvalue weighted by Crippen LogP contribution is 2.55. The van der Waals surface area contributed by atoms with Crippen molar-refractivity contribution in [2.24, 2.45) is 5.73 Å². The predicted octanol–water partition coefficient (Wildman–Crippen LogP) is 1.79. The molecule has 150 valence electrons. The molecule has 5 rings (SSSR count). The van der Waals surface area contributed by atoms with Crippen LogP contribution in [0.2, 0.25) is 0 Å². The van der Waals surface area contributed by atoms with E-state index in [-0.39, 0.29) is 28.3 Å². The maximum Gasteiger partial charge on any atom is 0.345 e. The number of fused-ring (bicyclic) bond motifs is 6. The number of hydrogen-bond acceptors (Lipinski definition) is 8. The van der Waals surface area contributed by atoms with Crippen molar-refractivity contribution >= 4 is 28.6 Å². The van der Waals surface area contributed by atoms with Gasteiger partial charge < -0.3 is 24.5 Å². The van der Waals surface area contributed by atoms with Crippen LogP contribution in [0.5, 0.6) is 5.75 Å². The average Bonchev–Trinajstić information content (AvgIpc) is 3.06. The van der Waals surface area contributed by atoms with E-state index in [0.717, 1.165) is 0 Å². The molecule has 0 bridgehead atoms. The van der Waals surface area contributed by atoms with Crippen molar-refractivity contribution < 1.29 is 23.5 Å². The molecule has 2 aliphatic heterocycles. The molecule has 2 aliphatic rings. The van der Waals surface area contributed by atoms with Crippen LogP contribution < -0.4 is 21.0 Å². The number of para-hydroxylation sites is 2. The second kappa shape index (κ2) is 5.96. The predicted molar refractivity (Wildman–Crippen MR) is 107 cm³/mol. The van der Waals surface area contributed by atoms with E-state index in [1.165, 1.54) is 7.11 Å². The molecule has 3 heterocycles. The molecular formula is C22H16N2O6. The molecule has 1 spiro atoms. The maximum absolute atomic E-state index is 13.5. The highest BCUT2D eigenvalue weighted by atomic mass is 16.5. The molecule has 0 amide bonds. The summed E-state index contributed by atoms with van der Waals surface area (Å²) in [7, 11) is 2.84. The number of anilines is 1. The van der Waals surface area contributed by atoms with E-state index >= 15 is 0 Å². The second-order valence-electron chi connectivity index (χ2n) is 7.06. The molecule has 0 saturated heterocycles. The van der Waals surface area contributed by atoms with Crippen LogP contribution >= 0.6 is 0 Å². The second-order valence-corrected chi connectivity index (χ2v) is 7.06. The van der Waals surface area contributed by atoms with E-state index in [1.807, 2.05) is 0 Å². The maximum atomic E-state index is 13.5. The molecule has 8 heteroatoms. The highest BCUT2D eigenvalue weighted by molar-refractivity contribution is 6.12. The van der Waals surface area contributed by atoms with Gasteiger partial charge in [-0.15, -0.1) is 0 Å². The summed E-state index contributed by atoms with van der Waals surface area (Å²) >= 11 is 0. The number of ether oxygens (including phenoxy) is 2. The number of benzene rings is 2. The molecule has 0 aliphatic carbocycles.